The third-order valence-electron chi connectivity index (χ3n) is 6.37. The zero-order chi connectivity index (χ0) is 25.2. The van der Waals surface area contributed by atoms with E-state index in [-0.39, 0.29) is 42.3 Å². The zero-order valence-electron chi connectivity index (χ0n) is 20.2. The molecular weight excluding hydrogens is 462 g/mol. The van der Waals surface area contributed by atoms with Gasteiger partial charge in [0.25, 0.3) is 0 Å². The van der Waals surface area contributed by atoms with E-state index in [1.807, 2.05) is 42.5 Å². The van der Waals surface area contributed by atoms with E-state index in [1.165, 1.54) is 4.31 Å². The van der Waals surface area contributed by atoms with Crippen molar-refractivity contribution >= 4 is 32.6 Å². The summed E-state index contributed by atoms with van der Waals surface area (Å²) in [7, 11) is -3.81. The number of fused-ring (bicyclic) bond motifs is 1. The highest BCUT2D eigenvalue weighted by Gasteiger charge is 2.43. The summed E-state index contributed by atoms with van der Waals surface area (Å²) in [6.45, 7) is 5.67. The second-order valence-corrected chi connectivity index (χ2v) is 11.2. The van der Waals surface area contributed by atoms with Gasteiger partial charge >= 0.3 is 0 Å². The highest BCUT2D eigenvalue weighted by atomic mass is 32.2. The van der Waals surface area contributed by atoms with Crippen molar-refractivity contribution in [3.63, 3.8) is 0 Å². The minimum absolute atomic E-state index is 0.0937. The Morgan fingerprint density at radius 3 is 2.29 bits per heavy atom. The smallest absolute Gasteiger partial charge is 0.244 e. The van der Waals surface area contributed by atoms with Crippen molar-refractivity contribution in [2.24, 2.45) is 5.92 Å². The normalized spacial score (nSPS) is 19.1. The van der Waals surface area contributed by atoms with Gasteiger partial charge in [-0.05, 0) is 41.5 Å². The van der Waals surface area contributed by atoms with Gasteiger partial charge in [0, 0.05) is 31.6 Å². The van der Waals surface area contributed by atoms with Crippen molar-refractivity contribution < 1.29 is 18.0 Å². The molecule has 3 aromatic rings. The van der Waals surface area contributed by atoms with Crippen molar-refractivity contribution in [3.8, 4) is 0 Å². The first-order valence-corrected chi connectivity index (χ1v) is 13.2. The molecule has 0 unspecified atom stereocenters. The predicted molar refractivity (Wildman–Crippen MR) is 136 cm³/mol. The van der Waals surface area contributed by atoms with Crippen LogP contribution in [0.25, 0.3) is 10.8 Å². The summed E-state index contributed by atoms with van der Waals surface area (Å²) in [5.41, 5.74) is 0.927. The first-order valence-electron chi connectivity index (χ1n) is 11.8. The summed E-state index contributed by atoms with van der Waals surface area (Å²) < 4.78 is 27.9. The lowest BCUT2D eigenvalue weighted by molar-refractivity contribution is -0.148. The second kappa shape index (κ2) is 10.2. The molecule has 2 amide bonds. The van der Waals surface area contributed by atoms with Crippen LogP contribution in [0.3, 0.4) is 0 Å². The van der Waals surface area contributed by atoms with Crippen molar-refractivity contribution in [1.82, 2.24) is 14.5 Å². The molecule has 0 aromatic heterocycles. The molecule has 0 radical (unpaired) electrons. The second-order valence-electron chi connectivity index (χ2n) is 9.30. The fourth-order valence-corrected chi connectivity index (χ4v) is 6.07. The molecule has 1 N–H and O–H groups in total. The summed E-state index contributed by atoms with van der Waals surface area (Å²) in [6.07, 6.45) is 0. The molecule has 184 valence electrons. The molecule has 2 atom stereocenters. The van der Waals surface area contributed by atoms with E-state index in [4.69, 9.17) is 0 Å². The Kier molecular flexibility index (Phi) is 7.23. The molecule has 1 saturated heterocycles. The van der Waals surface area contributed by atoms with Crippen LogP contribution in [-0.2, 0) is 26.2 Å². The van der Waals surface area contributed by atoms with Gasteiger partial charge in [-0.1, -0.05) is 68.4 Å². The largest absolute Gasteiger partial charge is 0.350 e. The Hall–Kier alpha value is -3.23. The van der Waals surface area contributed by atoms with Crippen molar-refractivity contribution in [3.05, 3.63) is 78.4 Å². The number of carbonyl (C=O) groups is 2. The molecular formula is C27H31N3O4S. The summed E-state index contributed by atoms with van der Waals surface area (Å²) in [5.74, 6) is -0.849. The summed E-state index contributed by atoms with van der Waals surface area (Å²) >= 11 is 0. The van der Waals surface area contributed by atoms with Crippen molar-refractivity contribution in [2.75, 3.05) is 13.1 Å². The SMILES string of the molecule is CC(C)C(=O)N1[C@H](C)CN(S(=O)(=O)c2ccccc2)C[C@@H]1C(=O)NCc1ccc2ccccc2c1. The molecule has 3 aromatic carbocycles. The summed E-state index contributed by atoms with van der Waals surface area (Å²) in [5, 5.41) is 5.12. The van der Waals surface area contributed by atoms with Crippen LogP contribution >= 0.6 is 0 Å². The van der Waals surface area contributed by atoms with E-state index in [9.17, 15) is 18.0 Å². The summed E-state index contributed by atoms with van der Waals surface area (Å²) in [4.78, 5) is 28.2. The number of nitrogens with zero attached hydrogens (tertiary/aromatic N) is 2. The minimum atomic E-state index is -3.81. The third kappa shape index (κ3) is 5.23. The molecule has 1 fully saturated rings. The highest BCUT2D eigenvalue weighted by molar-refractivity contribution is 7.89. The van der Waals surface area contributed by atoms with E-state index in [0.717, 1.165) is 16.3 Å². The van der Waals surface area contributed by atoms with Gasteiger partial charge in [0.15, 0.2) is 0 Å². The summed E-state index contributed by atoms with van der Waals surface area (Å²) in [6, 6.07) is 20.8. The lowest BCUT2D eigenvalue weighted by Crippen LogP contribution is -2.65. The average Bonchev–Trinajstić information content (AvgIpc) is 2.86. The van der Waals surface area contributed by atoms with Crippen LogP contribution in [-0.4, -0.2) is 54.6 Å². The van der Waals surface area contributed by atoms with Gasteiger partial charge < -0.3 is 10.2 Å². The molecule has 35 heavy (non-hydrogen) atoms. The molecule has 1 aliphatic heterocycles. The number of sulfonamides is 1. The number of benzene rings is 3. The van der Waals surface area contributed by atoms with Crippen LogP contribution in [0.15, 0.2) is 77.7 Å². The molecule has 7 nitrogen and oxygen atoms in total. The number of piperazine rings is 1. The van der Waals surface area contributed by atoms with Gasteiger partial charge in [-0.3, -0.25) is 9.59 Å². The number of amides is 2. The van der Waals surface area contributed by atoms with Crippen LogP contribution < -0.4 is 5.32 Å². The Balaban J connectivity index is 1.58. The van der Waals surface area contributed by atoms with Crippen LogP contribution in [0.2, 0.25) is 0 Å². The van der Waals surface area contributed by atoms with Crippen molar-refractivity contribution in [2.45, 2.75) is 44.3 Å². The average molecular weight is 494 g/mol. The molecule has 1 aliphatic rings. The standard InChI is InChI=1S/C27H31N3O4S/c1-19(2)27(32)30-20(3)17-29(35(33,34)24-11-5-4-6-12-24)18-25(30)26(31)28-16-21-13-14-22-9-7-8-10-23(22)15-21/h4-15,19-20,25H,16-18H2,1-3H3,(H,28,31)/t20-,25-/m1/s1. The Bertz CT molecular complexity index is 1320. The number of hydrogen-bond acceptors (Lipinski definition) is 4. The Labute approximate surface area is 206 Å². The topological polar surface area (TPSA) is 86.8 Å². The fraction of sp³-hybridized carbons (Fsp3) is 0.333. The van der Waals surface area contributed by atoms with Gasteiger partial charge in [-0.2, -0.15) is 4.31 Å². The maximum absolute atomic E-state index is 13.4. The molecule has 8 heteroatoms. The Morgan fingerprint density at radius 1 is 0.943 bits per heavy atom. The number of rotatable bonds is 6. The van der Waals surface area contributed by atoms with E-state index in [2.05, 4.69) is 5.32 Å². The molecule has 4 rings (SSSR count). The maximum Gasteiger partial charge on any atom is 0.244 e. The molecule has 0 saturated carbocycles. The van der Waals surface area contributed by atoms with Gasteiger partial charge in [0.1, 0.15) is 6.04 Å². The Morgan fingerprint density at radius 2 is 1.60 bits per heavy atom. The van der Waals surface area contributed by atoms with Crippen LogP contribution in [0.1, 0.15) is 26.3 Å². The van der Waals surface area contributed by atoms with Gasteiger partial charge in [0.2, 0.25) is 21.8 Å². The first-order chi connectivity index (χ1) is 16.7. The number of nitrogens with one attached hydrogen (secondary N) is 1. The monoisotopic (exact) mass is 493 g/mol. The van der Waals surface area contributed by atoms with E-state index < -0.39 is 22.1 Å². The number of hydrogen-bond donors (Lipinski definition) is 1. The van der Waals surface area contributed by atoms with Crippen LogP contribution in [0.4, 0.5) is 0 Å². The van der Waals surface area contributed by atoms with Crippen molar-refractivity contribution in [1.29, 1.82) is 0 Å². The van der Waals surface area contributed by atoms with E-state index in [1.54, 1.807) is 56.0 Å². The molecule has 0 bridgehead atoms. The zero-order valence-corrected chi connectivity index (χ0v) is 21.0. The molecule has 1 heterocycles. The minimum Gasteiger partial charge on any atom is -0.350 e. The lowest BCUT2D eigenvalue weighted by atomic mass is 10.0. The van der Waals surface area contributed by atoms with E-state index >= 15 is 0 Å². The van der Waals surface area contributed by atoms with Gasteiger partial charge in [0.05, 0.1) is 4.90 Å². The molecule has 0 aliphatic carbocycles. The highest BCUT2D eigenvalue weighted by Crippen LogP contribution is 2.25. The number of carbonyl (C=O) groups excluding carboxylic acids is 2. The third-order valence-corrected chi connectivity index (χ3v) is 8.21. The lowest BCUT2D eigenvalue weighted by Gasteiger charge is -2.44. The maximum atomic E-state index is 13.4. The first kappa shape index (κ1) is 24.9. The van der Waals surface area contributed by atoms with Gasteiger partial charge in [-0.15, -0.1) is 0 Å². The predicted octanol–water partition coefficient (Wildman–Crippen LogP) is 3.40. The quantitative estimate of drug-likeness (QED) is 0.570. The molecule has 0 spiro atoms. The van der Waals surface area contributed by atoms with Gasteiger partial charge in [-0.25, -0.2) is 8.42 Å². The fourth-order valence-electron chi connectivity index (χ4n) is 4.52. The van der Waals surface area contributed by atoms with Crippen LogP contribution in [0, 0.1) is 5.92 Å². The van der Waals surface area contributed by atoms with Crippen LogP contribution in [0.5, 0.6) is 0 Å². The van der Waals surface area contributed by atoms with E-state index in [0.29, 0.717) is 0 Å².